The lowest BCUT2D eigenvalue weighted by Gasteiger charge is -2.04. The number of nitrogens with zero attached hydrogens (tertiary/aromatic N) is 3. The van der Waals surface area contributed by atoms with Gasteiger partial charge < -0.3 is 0 Å². The van der Waals surface area contributed by atoms with E-state index >= 15 is 0 Å². The average molecular weight is 264 g/mol. The molecule has 0 atom stereocenters. The van der Waals surface area contributed by atoms with Crippen molar-refractivity contribution in [3.05, 3.63) is 63.3 Å². The van der Waals surface area contributed by atoms with Gasteiger partial charge in [0.15, 0.2) is 5.15 Å². The van der Waals surface area contributed by atoms with Crippen molar-refractivity contribution in [2.45, 2.75) is 6.92 Å². The molecule has 0 aliphatic heterocycles. The lowest BCUT2D eigenvalue weighted by molar-refractivity contribution is -0.422. The van der Waals surface area contributed by atoms with E-state index in [1.807, 2.05) is 30.3 Å². The van der Waals surface area contributed by atoms with E-state index in [9.17, 15) is 10.1 Å². The SMILES string of the molecule is CC(=Cc1c(Cl)ncn1-c1ccccc1)[N+](=O)[O-]. The Morgan fingerprint density at radius 1 is 1.44 bits per heavy atom. The first-order valence-electron chi connectivity index (χ1n) is 5.20. The van der Waals surface area contributed by atoms with Crippen LogP contribution in [-0.2, 0) is 0 Å². The van der Waals surface area contributed by atoms with E-state index in [0.717, 1.165) is 5.69 Å². The van der Waals surface area contributed by atoms with Gasteiger partial charge in [0.05, 0.1) is 10.6 Å². The highest BCUT2D eigenvalue weighted by Gasteiger charge is 2.12. The van der Waals surface area contributed by atoms with Crippen LogP contribution in [0.15, 0.2) is 42.4 Å². The van der Waals surface area contributed by atoms with Crippen LogP contribution in [-0.4, -0.2) is 14.5 Å². The molecule has 0 radical (unpaired) electrons. The lowest BCUT2D eigenvalue weighted by atomic mass is 10.3. The number of imidazole rings is 1. The monoisotopic (exact) mass is 263 g/mol. The van der Waals surface area contributed by atoms with Crippen molar-refractivity contribution in [3.8, 4) is 5.69 Å². The molecule has 0 saturated heterocycles. The third-order valence-electron chi connectivity index (χ3n) is 2.43. The fraction of sp³-hybridized carbons (Fsp3) is 0.0833. The van der Waals surface area contributed by atoms with E-state index in [1.165, 1.54) is 19.3 Å². The van der Waals surface area contributed by atoms with Crippen molar-refractivity contribution in [1.29, 1.82) is 0 Å². The molecule has 2 rings (SSSR count). The molecule has 1 heterocycles. The Hall–Kier alpha value is -2.14. The molecule has 18 heavy (non-hydrogen) atoms. The predicted molar refractivity (Wildman–Crippen MR) is 69.2 cm³/mol. The number of nitro groups is 1. The van der Waals surface area contributed by atoms with Crippen molar-refractivity contribution in [3.63, 3.8) is 0 Å². The molecule has 0 amide bonds. The van der Waals surface area contributed by atoms with Gasteiger partial charge in [-0.3, -0.25) is 14.7 Å². The van der Waals surface area contributed by atoms with Gasteiger partial charge in [-0.05, 0) is 12.1 Å². The zero-order valence-corrected chi connectivity index (χ0v) is 10.3. The number of aromatic nitrogens is 2. The van der Waals surface area contributed by atoms with Crippen molar-refractivity contribution in [1.82, 2.24) is 9.55 Å². The Kier molecular flexibility index (Phi) is 3.43. The lowest BCUT2D eigenvalue weighted by Crippen LogP contribution is -1.98. The van der Waals surface area contributed by atoms with Crippen LogP contribution in [0, 0.1) is 10.1 Å². The summed E-state index contributed by atoms with van der Waals surface area (Å²) in [6.07, 6.45) is 2.94. The Bertz CT molecular complexity index is 605. The standard InChI is InChI=1S/C12H10ClN3O2/c1-9(16(17)18)7-11-12(13)14-8-15(11)10-5-3-2-4-6-10/h2-8H,1H3. The third-order valence-corrected chi connectivity index (χ3v) is 2.72. The maximum atomic E-state index is 10.6. The first kappa shape index (κ1) is 12.3. The van der Waals surface area contributed by atoms with Crippen LogP contribution >= 0.6 is 11.6 Å². The van der Waals surface area contributed by atoms with Crippen molar-refractivity contribution < 1.29 is 4.92 Å². The van der Waals surface area contributed by atoms with Crippen molar-refractivity contribution in [2.24, 2.45) is 0 Å². The summed E-state index contributed by atoms with van der Waals surface area (Å²) in [7, 11) is 0. The number of para-hydroxylation sites is 1. The first-order valence-corrected chi connectivity index (χ1v) is 5.58. The minimum atomic E-state index is -0.460. The van der Waals surface area contributed by atoms with Gasteiger partial charge in [0.25, 0.3) is 0 Å². The summed E-state index contributed by atoms with van der Waals surface area (Å²) in [5, 5.41) is 10.9. The van der Waals surface area contributed by atoms with Gasteiger partial charge >= 0.3 is 0 Å². The summed E-state index contributed by atoms with van der Waals surface area (Å²) in [4.78, 5) is 14.2. The number of benzene rings is 1. The molecule has 0 N–H and O–H groups in total. The van der Waals surface area contributed by atoms with Crippen LogP contribution in [0.2, 0.25) is 5.15 Å². The van der Waals surface area contributed by atoms with Crippen molar-refractivity contribution >= 4 is 17.7 Å². The van der Waals surface area contributed by atoms with Gasteiger partial charge in [-0.2, -0.15) is 0 Å². The van der Waals surface area contributed by atoms with Gasteiger partial charge in [-0.15, -0.1) is 0 Å². The van der Waals surface area contributed by atoms with E-state index in [1.54, 1.807) is 4.57 Å². The number of rotatable bonds is 3. The van der Waals surface area contributed by atoms with Crippen LogP contribution in [0.25, 0.3) is 11.8 Å². The topological polar surface area (TPSA) is 61.0 Å². The predicted octanol–water partition coefficient (Wildman–Crippen LogP) is 3.16. The fourth-order valence-corrected chi connectivity index (χ4v) is 1.70. The summed E-state index contributed by atoms with van der Waals surface area (Å²) < 4.78 is 1.70. The highest BCUT2D eigenvalue weighted by atomic mass is 35.5. The molecular weight excluding hydrogens is 254 g/mol. The van der Waals surface area contributed by atoms with Crippen molar-refractivity contribution in [2.75, 3.05) is 0 Å². The molecule has 0 aliphatic rings. The van der Waals surface area contributed by atoms with Crippen LogP contribution in [0.3, 0.4) is 0 Å². The maximum Gasteiger partial charge on any atom is 0.245 e. The normalized spacial score (nSPS) is 11.6. The Morgan fingerprint density at radius 2 is 2.11 bits per heavy atom. The third kappa shape index (κ3) is 2.41. The van der Waals surface area contributed by atoms with E-state index in [2.05, 4.69) is 4.98 Å². The quantitative estimate of drug-likeness (QED) is 0.631. The molecular formula is C12H10ClN3O2. The molecule has 0 unspecified atom stereocenters. The maximum absolute atomic E-state index is 10.6. The van der Waals surface area contributed by atoms with Crippen LogP contribution in [0.5, 0.6) is 0 Å². The smallest absolute Gasteiger partial charge is 0.245 e. The molecule has 92 valence electrons. The first-order chi connectivity index (χ1) is 8.59. The summed E-state index contributed by atoms with van der Waals surface area (Å²) in [5.74, 6) is 0. The molecule has 1 aromatic carbocycles. The summed E-state index contributed by atoms with van der Waals surface area (Å²) in [5.41, 5.74) is 1.35. The van der Waals surface area contributed by atoms with Gasteiger partial charge in [-0.1, -0.05) is 29.8 Å². The van der Waals surface area contributed by atoms with Gasteiger partial charge in [0, 0.05) is 18.7 Å². The van der Waals surface area contributed by atoms with E-state index < -0.39 is 4.92 Å². The largest absolute Gasteiger partial charge is 0.298 e. The second kappa shape index (κ2) is 5.01. The highest BCUT2D eigenvalue weighted by Crippen LogP contribution is 2.21. The zero-order valence-electron chi connectivity index (χ0n) is 9.58. The second-order valence-electron chi connectivity index (χ2n) is 3.67. The molecule has 5 nitrogen and oxygen atoms in total. The van der Waals surface area contributed by atoms with E-state index in [4.69, 9.17) is 11.6 Å². The number of hydrogen-bond acceptors (Lipinski definition) is 3. The minimum absolute atomic E-state index is 0.00887. The number of halogens is 1. The molecule has 0 spiro atoms. The molecule has 1 aromatic heterocycles. The summed E-state index contributed by atoms with van der Waals surface area (Å²) in [6, 6.07) is 9.38. The minimum Gasteiger partial charge on any atom is -0.298 e. The van der Waals surface area contributed by atoms with Gasteiger partial charge in [-0.25, -0.2) is 4.98 Å². The van der Waals surface area contributed by atoms with E-state index in [0.29, 0.717) is 5.69 Å². The van der Waals surface area contributed by atoms with Crippen LogP contribution < -0.4 is 0 Å². The molecule has 0 aliphatic carbocycles. The highest BCUT2D eigenvalue weighted by molar-refractivity contribution is 6.30. The molecule has 2 aromatic rings. The van der Waals surface area contributed by atoms with Gasteiger partial charge in [0.1, 0.15) is 6.33 Å². The summed E-state index contributed by atoms with van der Waals surface area (Å²) >= 11 is 5.94. The Morgan fingerprint density at radius 3 is 2.72 bits per heavy atom. The summed E-state index contributed by atoms with van der Waals surface area (Å²) in [6.45, 7) is 1.42. The van der Waals surface area contributed by atoms with Gasteiger partial charge in [0.2, 0.25) is 5.70 Å². The number of hydrogen-bond donors (Lipinski definition) is 0. The van der Waals surface area contributed by atoms with Crippen LogP contribution in [0.4, 0.5) is 0 Å². The molecule has 0 fully saturated rings. The van der Waals surface area contributed by atoms with Crippen LogP contribution in [0.1, 0.15) is 12.6 Å². The average Bonchev–Trinajstić information content (AvgIpc) is 2.72. The number of allylic oxidation sites excluding steroid dienone is 1. The molecule has 0 saturated carbocycles. The molecule has 0 bridgehead atoms. The molecule has 6 heteroatoms. The second-order valence-corrected chi connectivity index (χ2v) is 4.03. The Labute approximate surface area is 108 Å². The zero-order chi connectivity index (χ0) is 13.1. The fourth-order valence-electron chi connectivity index (χ4n) is 1.51. The van der Waals surface area contributed by atoms with E-state index in [-0.39, 0.29) is 10.9 Å². The Balaban J connectivity index is 2.52.